The van der Waals surface area contributed by atoms with E-state index in [1.165, 1.54) is 0 Å². The van der Waals surface area contributed by atoms with Crippen molar-refractivity contribution in [1.29, 1.82) is 0 Å². The van der Waals surface area contributed by atoms with Crippen molar-refractivity contribution in [3.63, 3.8) is 0 Å². The zero-order valence-corrected chi connectivity index (χ0v) is 18.3. The summed E-state index contributed by atoms with van der Waals surface area (Å²) in [6.45, 7) is 5.70. The van der Waals surface area contributed by atoms with Crippen molar-refractivity contribution >= 4 is 23.4 Å². The molecule has 4 rings (SSSR count). The monoisotopic (exact) mass is 417 g/mol. The number of allylic oxidation sites excluding steroid dienone is 1. The van der Waals surface area contributed by atoms with Crippen LogP contribution < -0.4 is 10.2 Å². The smallest absolute Gasteiger partial charge is 0.325 e. The van der Waals surface area contributed by atoms with Gasteiger partial charge in [0, 0.05) is 29.9 Å². The first kappa shape index (κ1) is 20.8. The standard InChI is InChI=1S/C25H27N3O3/c1-5-25(17-11-7-6-8-12-17)22(30)28(23(31)26-25)16-18(29)15-21-24(2,3)19-13-9-10-14-20(19)27(21)4/h6-15H,5,16H2,1-4H3,(H,26,31)/t25-/m0/s1. The normalized spacial score (nSPS) is 23.3. The van der Waals surface area contributed by atoms with Crippen LogP contribution in [0.2, 0.25) is 0 Å². The molecule has 2 aromatic rings. The number of likely N-dealkylation sites (N-methyl/N-ethyl adjacent to an activating group) is 1. The lowest BCUT2D eigenvalue weighted by molar-refractivity contribution is -0.134. The van der Waals surface area contributed by atoms with Crippen LogP contribution >= 0.6 is 0 Å². The summed E-state index contributed by atoms with van der Waals surface area (Å²) in [6, 6.07) is 16.7. The van der Waals surface area contributed by atoms with Crippen LogP contribution in [0.1, 0.15) is 38.3 Å². The van der Waals surface area contributed by atoms with Crippen LogP contribution in [-0.4, -0.2) is 36.2 Å². The highest BCUT2D eigenvalue weighted by Crippen LogP contribution is 2.46. The van der Waals surface area contributed by atoms with Crippen molar-refractivity contribution in [2.24, 2.45) is 0 Å². The maximum absolute atomic E-state index is 13.3. The number of imide groups is 1. The number of carbonyl (C=O) groups is 3. The molecule has 6 heteroatoms. The van der Waals surface area contributed by atoms with Crippen LogP contribution in [0.25, 0.3) is 0 Å². The van der Waals surface area contributed by atoms with E-state index >= 15 is 0 Å². The summed E-state index contributed by atoms with van der Waals surface area (Å²) < 4.78 is 0. The number of carbonyl (C=O) groups excluding carboxylic acids is 3. The minimum atomic E-state index is -1.13. The molecule has 6 nitrogen and oxygen atoms in total. The highest BCUT2D eigenvalue weighted by atomic mass is 16.2. The van der Waals surface area contributed by atoms with Gasteiger partial charge >= 0.3 is 6.03 Å². The zero-order valence-electron chi connectivity index (χ0n) is 18.3. The van der Waals surface area contributed by atoms with E-state index in [0.717, 1.165) is 27.4 Å². The number of rotatable bonds is 5. The maximum Gasteiger partial charge on any atom is 0.325 e. The largest absolute Gasteiger partial charge is 0.347 e. The van der Waals surface area contributed by atoms with Crippen molar-refractivity contribution in [3.05, 3.63) is 77.5 Å². The summed E-state index contributed by atoms with van der Waals surface area (Å²) >= 11 is 0. The summed E-state index contributed by atoms with van der Waals surface area (Å²) in [5.41, 5.74) is 2.27. The molecule has 3 amide bonds. The Morgan fingerprint density at radius 2 is 1.68 bits per heavy atom. The van der Waals surface area contributed by atoms with Crippen molar-refractivity contribution in [2.45, 2.75) is 38.1 Å². The summed E-state index contributed by atoms with van der Waals surface area (Å²) in [7, 11) is 1.93. The molecule has 0 spiro atoms. The van der Waals surface area contributed by atoms with Gasteiger partial charge in [-0.3, -0.25) is 14.5 Å². The van der Waals surface area contributed by atoms with Gasteiger partial charge in [-0.1, -0.05) is 69.3 Å². The van der Waals surface area contributed by atoms with E-state index in [0.29, 0.717) is 6.42 Å². The molecule has 160 valence electrons. The molecule has 31 heavy (non-hydrogen) atoms. The third kappa shape index (κ3) is 3.14. The lowest BCUT2D eigenvalue weighted by Crippen LogP contribution is -2.43. The summed E-state index contributed by atoms with van der Waals surface area (Å²) in [6.07, 6.45) is 1.97. The van der Waals surface area contributed by atoms with Gasteiger partial charge in [-0.15, -0.1) is 0 Å². The topological polar surface area (TPSA) is 69.7 Å². The molecular weight excluding hydrogens is 390 g/mol. The average Bonchev–Trinajstić information content (AvgIpc) is 3.12. The summed E-state index contributed by atoms with van der Waals surface area (Å²) in [5.74, 6) is -0.675. The van der Waals surface area contributed by atoms with E-state index < -0.39 is 11.6 Å². The Hall–Kier alpha value is -3.41. The fraction of sp³-hybridized carbons (Fsp3) is 0.320. The maximum atomic E-state index is 13.3. The molecule has 0 aliphatic carbocycles. The van der Waals surface area contributed by atoms with E-state index in [9.17, 15) is 14.4 Å². The van der Waals surface area contributed by atoms with Crippen LogP contribution in [0.3, 0.4) is 0 Å². The molecule has 2 heterocycles. The molecule has 1 N–H and O–H groups in total. The van der Waals surface area contributed by atoms with Crippen LogP contribution in [0, 0.1) is 0 Å². The van der Waals surface area contributed by atoms with Crippen molar-refractivity contribution < 1.29 is 14.4 Å². The number of nitrogens with one attached hydrogen (secondary N) is 1. The number of hydrogen-bond acceptors (Lipinski definition) is 4. The van der Waals surface area contributed by atoms with Crippen molar-refractivity contribution in [1.82, 2.24) is 10.2 Å². The number of urea groups is 1. The van der Waals surface area contributed by atoms with Gasteiger partial charge < -0.3 is 10.2 Å². The third-order valence-corrected chi connectivity index (χ3v) is 6.52. The minimum absolute atomic E-state index is 0.286. The van der Waals surface area contributed by atoms with Gasteiger partial charge in [-0.05, 0) is 23.6 Å². The Bertz CT molecular complexity index is 1090. The second-order valence-electron chi connectivity index (χ2n) is 8.64. The molecule has 2 aliphatic rings. The molecule has 0 bridgehead atoms. The van der Waals surface area contributed by atoms with Gasteiger partial charge in [0.2, 0.25) is 0 Å². The third-order valence-electron chi connectivity index (χ3n) is 6.52. The van der Waals surface area contributed by atoms with Gasteiger partial charge in [0.1, 0.15) is 5.54 Å². The quantitative estimate of drug-likeness (QED) is 0.595. The minimum Gasteiger partial charge on any atom is -0.347 e. The summed E-state index contributed by atoms with van der Waals surface area (Å²) in [4.78, 5) is 42.0. The number of nitrogens with zero attached hydrogens (tertiary/aromatic N) is 2. The first-order chi connectivity index (χ1) is 14.7. The number of ketones is 1. The number of hydrogen-bond donors (Lipinski definition) is 1. The summed E-state index contributed by atoms with van der Waals surface area (Å²) in [5, 5.41) is 2.83. The average molecular weight is 418 g/mol. The number of anilines is 1. The Morgan fingerprint density at radius 1 is 1.03 bits per heavy atom. The molecular formula is C25H27N3O3. The van der Waals surface area contributed by atoms with E-state index in [2.05, 4.69) is 25.2 Å². The number of benzene rings is 2. The van der Waals surface area contributed by atoms with Crippen LogP contribution in [0.4, 0.5) is 10.5 Å². The SMILES string of the molecule is CC[C@@]1(c2ccccc2)NC(=O)N(CC(=O)C=C2N(C)c3ccccc3C2(C)C)C1=O. The van der Waals surface area contributed by atoms with E-state index in [1.54, 1.807) is 6.08 Å². The molecule has 1 atom stereocenters. The molecule has 2 aromatic carbocycles. The van der Waals surface area contributed by atoms with Crippen LogP contribution in [0.15, 0.2) is 66.4 Å². The molecule has 1 saturated heterocycles. The van der Waals surface area contributed by atoms with Gasteiger partial charge in [0.25, 0.3) is 5.91 Å². The van der Waals surface area contributed by atoms with E-state index in [4.69, 9.17) is 0 Å². The second kappa shape index (κ2) is 7.38. The Balaban J connectivity index is 1.60. The Labute approximate surface area is 182 Å². The Kier molecular flexibility index (Phi) is 4.96. The molecule has 0 unspecified atom stereocenters. The predicted molar refractivity (Wildman–Crippen MR) is 120 cm³/mol. The van der Waals surface area contributed by atoms with Crippen molar-refractivity contribution in [2.75, 3.05) is 18.5 Å². The molecule has 0 aromatic heterocycles. The number of para-hydroxylation sites is 1. The first-order valence-corrected chi connectivity index (χ1v) is 10.5. The lowest BCUT2D eigenvalue weighted by Gasteiger charge is -2.26. The second-order valence-corrected chi connectivity index (χ2v) is 8.64. The molecule has 0 radical (unpaired) electrons. The van der Waals surface area contributed by atoms with E-state index in [1.807, 2.05) is 67.4 Å². The van der Waals surface area contributed by atoms with Gasteiger partial charge in [-0.25, -0.2) is 4.79 Å². The Morgan fingerprint density at radius 3 is 2.32 bits per heavy atom. The first-order valence-electron chi connectivity index (χ1n) is 10.5. The number of amides is 3. The van der Waals surface area contributed by atoms with Gasteiger partial charge in [-0.2, -0.15) is 0 Å². The fourth-order valence-electron chi connectivity index (χ4n) is 4.74. The van der Waals surface area contributed by atoms with Crippen LogP contribution in [0.5, 0.6) is 0 Å². The highest BCUT2D eigenvalue weighted by Gasteiger charge is 2.51. The van der Waals surface area contributed by atoms with Gasteiger partial charge in [0.15, 0.2) is 5.78 Å². The molecule has 1 fully saturated rings. The fourth-order valence-corrected chi connectivity index (χ4v) is 4.74. The highest BCUT2D eigenvalue weighted by molar-refractivity contribution is 6.10. The zero-order chi connectivity index (χ0) is 22.4. The lowest BCUT2D eigenvalue weighted by atomic mass is 9.83. The van der Waals surface area contributed by atoms with Crippen LogP contribution in [-0.2, 0) is 20.5 Å². The number of fused-ring (bicyclic) bond motifs is 1. The molecule has 2 aliphatic heterocycles. The predicted octanol–water partition coefficient (Wildman–Crippen LogP) is 3.72. The van der Waals surface area contributed by atoms with Gasteiger partial charge in [0.05, 0.1) is 6.54 Å². The van der Waals surface area contributed by atoms with Crippen molar-refractivity contribution in [3.8, 4) is 0 Å². The molecule has 0 saturated carbocycles. The van der Waals surface area contributed by atoms with E-state index in [-0.39, 0.29) is 23.7 Å².